The highest BCUT2D eigenvalue weighted by Gasteiger charge is 0.0814. The standard InChI is InChI=1S/CH4.BH3.H3N.H4Si/h1H4;2*1H3;1H4. The van der Waals surface area contributed by atoms with Gasteiger partial charge in [-0.25, -0.2) is 0 Å². The Balaban J connectivity index is 0. The molecule has 0 rings (SSSR count). The molecule has 0 radical (unpaired) electrons. The van der Waals surface area contributed by atoms with E-state index in [1.54, 1.807) is 0 Å². The zero-order valence-corrected chi connectivity index (χ0v) is 0.707. The maximum atomic E-state index is 0. The Morgan fingerprint density at radius 1 is 1.00 bits per heavy atom. The molecule has 1 nitrogen and oxygen atoms in total. The summed E-state index contributed by atoms with van der Waals surface area (Å²) in [5.74, 6) is 0. The fraction of sp³-hybridized carbons (Fsp3) is 1.00. The lowest BCUT2D eigenvalue weighted by atomic mass is 10.8. The van der Waals surface area contributed by atoms with Crippen LogP contribution in [0.2, 0.25) is 0 Å². The van der Waals surface area contributed by atoms with Gasteiger partial charge in [-0.1, -0.05) is 7.43 Å². The smallest absolute Gasteiger partial charge is 0.0814 e. The molecule has 0 aromatic carbocycles. The molecule has 0 aromatic rings. The molecule has 0 aliphatic heterocycles. The molecular weight excluding hydrogens is 64.9 g/mol. The Hall–Kier alpha value is 0.242. The van der Waals surface area contributed by atoms with Gasteiger partial charge < -0.3 is 6.15 Å². The predicted octanol–water partition coefficient (Wildman–Crippen LogP) is -1.84. The third kappa shape index (κ3) is 59.1. The summed E-state index contributed by atoms with van der Waals surface area (Å²) in [6.45, 7) is 0. The Kier molecular flexibility index (Phi) is 53100. The highest BCUT2D eigenvalue weighted by Crippen LogP contribution is 0.144. The van der Waals surface area contributed by atoms with E-state index in [9.17, 15) is 0 Å². The molecular formula is CH14BNSi. The van der Waals surface area contributed by atoms with Crippen LogP contribution >= 0.6 is 0 Å². The van der Waals surface area contributed by atoms with Crippen LogP contribution < -0.4 is 6.15 Å². The summed E-state index contributed by atoms with van der Waals surface area (Å²) >= 11 is 0. The number of hydrogen-bond acceptors (Lipinski definition) is 1. The normalized spacial score (nSPS) is 0. The maximum Gasteiger partial charge on any atom is 0.0814 e. The Labute approximate surface area is 34.0 Å². The lowest BCUT2D eigenvalue weighted by molar-refractivity contribution is 2.13. The van der Waals surface area contributed by atoms with E-state index in [4.69, 9.17) is 0 Å². The van der Waals surface area contributed by atoms with E-state index < -0.39 is 0 Å². The minimum atomic E-state index is 0. The second kappa shape index (κ2) is 279. The molecule has 4 heavy (non-hydrogen) atoms. The molecule has 0 saturated carbocycles. The van der Waals surface area contributed by atoms with Crippen molar-refractivity contribution in [3.05, 3.63) is 0 Å². The van der Waals surface area contributed by atoms with Crippen LogP contribution in [0.1, 0.15) is 7.43 Å². The molecule has 0 bridgehead atoms. The van der Waals surface area contributed by atoms with Gasteiger partial charge in [-0.3, -0.25) is 0 Å². The first-order chi connectivity index (χ1) is 0. The van der Waals surface area contributed by atoms with Crippen molar-refractivity contribution in [2.24, 2.45) is 0 Å². The van der Waals surface area contributed by atoms with Crippen molar-refractivity contribution in [1.29, 1.82) is 0 Å². The second-order valence-electron chi connectivity index (χ2n) is 0. The van der Waals surface area contributed by atoms with Gasteiger partial charge in [0, 0.05) is 0 Å². The summed E-state index contributed by atoms with van der Waals surface area (Å²) in [4.78, 5) is 0. The van der Waals surface area contributed by atoms with Crippen LogP contribution in [0.25, 0.3) is 0 Å². The van der Waals surface area contributed by atoms with Crippen LogP contribution in [-0.2, 0) is 0 Å². The summed E-state index contributed by atoms with van der Waals surface area (Å²) in [6, 6.07) is 0. The zero-order valence-electron chi connectivity index (χ0n) is 0.707. The molecule has 0 amide bonds. The van der Waals surface area contributed by atoms with E-state index in [-0.39, 0.29) is 33.0 Å². The summed E-state index contributed by atoms with van der Waals surface area (Å²) < 4.78 is 0. The highest BCUT2D eigenvalue weighted by molar-refractivity contribution is 5.76. The minimum Gasteiger partial charge on any atom is -0.344 e. The fourth-order valence-electron chi connectivity index (χ4n) is 0. The van der Waals surface area contributed by atoms with Crippen LogP contribution in [0.4, 0.5) is 0 Å². The quantitative estimate of drug-likeness (QED) is 0.340. The molecule has 30 valence electrons. The van der Waals surface area contributed by atoms with E-state index >= 15 is 0 Å². The number of hydrogen-bond donors (Lipinski definition) is 1. The summed E-state index contributed by atoms with van der Waals surface area (Å²) in [6.07, 6.45) is 0. The lowest BCUT2D eigenvalue weighted by Gasteiger charge is -0.344. The van der Waals surface area contributed by atoms with Crippen LogP contribution in [-0.4, -0.2) is 19.4 Å². The topological polar surface area (TPSA) is 35.0 Å². The van der Waals surface area contributed by atoms with Crippen molar-refractivity contribution in [3.8, 4) is 0 Å². The monoisotopic (exact) mass is 79.1 g/mol. The van der Waals surface area contributed by atoms with Gasteiger partial charge in [0.05, 0.1) is 8.41 Å². The van der Waals surface area contributed by atoms with Gasteiger partial charge in [-0.15, -0.1) is 0 Å². The first kappa shape index (κ1) is 762. The van der Waals surface area contributed by atoms with Gasteiger partial charge in [-0.05, 0) is 11.0 Å². The fourth-order valence-corrected chi connectivity index (χ4v) is 0. The predicted molar refractivity (Wildman–Crippen MR) is 33.0 cm³/mol. The first-order valence-corrected chi connectivity index (χ1v) is 0. The average molecular weight is 79.0 g/mol. The minimum absolute atomic E-state index is 0. The molecule has 0 atom stereocenters. The Morgan fingerprint density at radius 3 is 1.00 bits per heavy atom. The average Bonchev–Trinajstić information content (AvgIpc) is 0. The molecule has 0 aliphatic rings. The zero-order chi connectivity index (χ0) is 0. The van der Waals surface area contributed by atoms with Gasteiger partial charge in [0.1, 0.15) is 0 Å². The van der Waals surface area contributed by atoms with E-state index in [0.717, 1.165) is 0 Å². The van der Waals surface area contributed by atoms with Crippen LogP contribution in [0.15, 0.2) is 0 Å². The molecule has 0 spiro atoms. The van der Waals surface area contributed by atoms with E-state index in [1.807, 2.05) is 0 Å². The van der Waals surface area contributed by atoms with Gasteiger partial charge in [0.2, 0.25) is 0 Å². The third-order valence-corrected chi connectivity index (χ3v) is 0. The molecule has 3 heteroatoms. The van der Waals surface area contributed by atoms with E-state index in [1.165, 1.54) is 0 Å². The van der Waals surface area contributed by atoms with Crippen LogP contribution in [0.5, 0.6) is 0 Å². The molecule has 0 saturated heterocycles. The van der Waals surface area contributed by atoms with Crippen molar-refractivity contribution >= 4 is 19.4 Å². The summed E-state index contributed by atoms with van der Waals surface area (Å²) in [5, 5.41) is 0. The van der Waals surface area contributed by atoms with Gasteiger partial charge in [-0.2, -0.15) is 0 Å². The maximum absolute atomic E-state index is 0. The molecule has 0 aromatic heterocycles. The van der Waals surface area contributed by atoms with Gasteiger partial charge >= 0.3 is 0 Å². The molecule has 0 heterocycles. The van der Waals surface area contributed by atoms with Crippen LogP contribution in [0.3, 0.4) is 0 Å². The highest BCUT2D eigenvalue weighted by atomic mass is 28.1. The molecule has 0 unspecified atom stereocenters. The first-order valence-electron chi connectivity index (χ1n) is 0. The van der Waals surface area contributed by atoms with E-state index in [0.29, 0.717) is 0 Å². The van der Waals surface area contributed by atoms with Crippen molar-refractivity contribution in [2.75, 3.05) is 0 Å². The molecule has 0 aliphatic carbocycles. The summed E-state index contributed by atoms with van der Waals surface area (Å²) in [7, 11) is 0. The molecule has 3 N–H and O–H groups in total. The van der Waals surface area contributed by atoms with Gasteiger partial charge in [0.15, 0.2) is 0 Å². The summed E-state index contributed by atoms with van der Waals surface area (Å²) in [5.41, 5.74) is 0. The largest absolute Gasteiger partial charge is 0.344 e. The van der Waals surface area contributed by atoms with Crippen molar-refractivity contribution in [2.45, 2.75) is 7.43 Å². The second-order valence-corrected chi connectivity index (χ2v) is 0. The molecule has 0 fully saturated rings. The van der Waals surface area contributed by atoms with Crippen LogP contribution in [0, 0.1) is 0 Å². The number of rotatable bonds is 0. The van der Waals surface area contributed by atoms with Gasteiger partial charge in [0.25, 0.3) is 0 Å². The third-order valence-electron chi connectivity index (χ3n) is 0. The van der Waals surface area contributed by atoms with E-state index in [2.05, 4.69) is 0 Å². The Morgan fingerprint density at radius 2 is 1.00 bits per heavy atom. The lowest BCUT2D eigenvalue weighted by Crippen LogP contribution is -0.481. The Bertz CT molecular complexity index is 8.00. The van der Waals surface area contributed by atoms with Crippen molar-refractivity contribution < 1.29 is 0 Å². The van der Waals surface area contributed by atoms with Crippen molar-refractivity contribution in [3.63, 3.8) is 0 Å². The van der Waals surface area contributed by atoms with Crippen molar-refractivity contribution in [1.82, 2.24) is 6.15 Å². The SMILES string of the molecule is B.C.N.[SiH4].